The third-order valence-electron chi connectivity index (χ3n) is 6.41. The van der Waals surface area contributed by atoms with Crippen LogP contribution in [0.25, 0.3) is 10.4 Å². The number of benzene rings is 1. The maximum Gasteiger partial charge on any atom is 0.303 e. The lowest BCUT2D eigenvalue weighted by Gasteiger charge is -2.33. The minimum Gasteiger partial charge on any atom is -0.481 e. The summed E-state index contributed by atoms with van der Waals surface area (Å²) >= 11 is 1.59. The first-order chi connectivity index (χ1) is 15.9. The van der Waals surface area contributed by atoms with Gasteiger partial charge in [-0.3, -0.25) is 14.4 Å². The minimum absolute atomic E-state index is 0.0909. The number of thiazole rings is 1. The number of aryl methyl sites for hydroxylation is 1. The second kappa shape index (κ2) is 10.2. The van der Waals surface area contributed by atoms with Gasteiger partial charge in [-0.15, -0.1) is 11.3 Å². The molecule has 1 aliphatic heterocycles. The van der Waals surface area contributed by atoms with E-state index >= 15 is 0 Å². The Kier molecular flexibility index (Phi) is 7.77. The molecule has 1 aliphatic rings. The molecule has 2 unspecified atom stereocenters. The number of carboxylic acids is 1. The molecule has 0 radical (unpaired) electrons. The number of hydrogen-bond acceptors (Lipinski definition) is 6. The van der Waals surface area contributed by atoms with Crippen LogP contribution in [0.5, 0.6) is 0 Å². The maximum absolute atomic E-state index is 13.2. The molecule has 8 nitrogen and oxygen atoms in total. The summed E-state index contributed by atoms with van der Waals surface area (Å²) in [6.07, 6.45) is 0.212. The number of carbonyl (C=O) groups excluding carboxylic acids is 2. The summed E-state index contributed by atoms with van der Waals surface area (Å²) in [6, 6.07) is 6.15. The molecular weight excluding hydrogens is 452 g/mol. The van der Waals surface area contributed by atoms with Crippen LogP contribution in [0.4, 0.5) is 0 Å². The Morgan fingerprint density at radius 3 is 2.44 bits per heavy atom. The number of hydrogen-bond donors (Lipinski definition) is 3. The zero-order valence-electron chi connectivity index (χ0n) is 20.4. The van der Waals surface area contributed by atoms with E-state index in [0.717, 1.165) is 21.7 Å². The zero-order valence-corrected chi connectivity index (χ0v) is 21.2. The van der Waals surface area contributed by atoms with Crippen LogP contribution in [0.3, 0.4) is 0 Å². The van der Waals surface area contributed by atoms with Gasteiger partial charge < -0.3 is 21.1 Å². The Hall–Kier alpha value is -2.78. The van der Waals surface area contributed by atoms with Crippen LogP contribution in [0.1, 0.15) is 57.8 Å². The van der Waals surface area contributed by atoms with Crippen molar-refractivity contribution in [2.45, 2.75) is 65.6 Å². The molecule has 0 spiro atoms. The molecule has 2 heterocycles. The molecule has 0 aliphatic carbocycles. The normalized spacial score (nSPS) is 20.1. The molecule has 34 heavy (non-hydrogen) atoms. The molecular formula is C25H34N4O4S. The van der Waals surface area contributed by atoms with Crippen LogP contribution in [-0.2, 0) is 14.4 Å². The second-order valence-electron chi connectivity index (χ2n) is 10.2. The molecule has 0 bridgehead atoms. The molecule has 2 aromatic rings. The molecule has 4 atom stereocenters. The van der Waals surface area contributed by atoms with E-state index in [4.69, 9.17) is 5.73 Å². The van der Waals surface area contributed by atoms with Gasteiger partial charge in [0, 0.05) is 13.0 Å². The van der Waals surface area contributed by atoms with Gasteiger partial charge in [0.2, 0.25) is 11.8 Å². The number of nitrogens with two attached hydrogens (primary N) is 1. The van der Waals surface area contributed by atoms with Crippen molar-refractivity contribution in [3.05, 3.63) is 41.0 Å². The molecule has 1 saturated heterocycles. The van der Waals surface area contributed by atoms with Gasteiger partial charge >= 0.3 is 5.97 Å². The third-order valence-corrected chi connectivity index (χ3v) is 7.39. The van der Waals surface area contributed by atoms with Gasteiger partial charge in [-0.2, -0.15) is 0 Å². The van der Waals surface area contributed by atoms with E-state index in [2.05, 4.69) is 10.3 Å². The van der Waals surface area contributed by atoms with Crippen molar-refractivity contribution >= 4 is 29.1 Å². The predicted molar refractivity (Wildman–Crippen MR) is 132 cm³/mol. The lowest BCUT2D eigenvalue weighted by molar-refractivity contribution is -0.141. The molecule has 1 aromatic carbocycles. The highest BCUT2D eigenvalue weighted by Crippen LogP contribution is 2.31. The van der Waals surface area contributed by atoms with Crippen molar-refractivity contribution in [1.82, 2.24) is 15.2 Å². The first-order valence-corrected chi connectivity index (χ1v) is 12.3. The molecule has 2 amide bonds. The number of carbonyl (C=O) groups is 3. The Balaban J connectivity index is 1.74. The monoisotopic (exact) mass is 486 g/mol. The first-order valence-electron chi connectivity index (χ1n) is 11.5. The van der Waals surface area contributed by atoms with Gasteiger partial charge in [0.1, 0.15) is 6.04 Å². The summed E-state index contributed by atoms with van der Waals surface area (Å²) in [4.78, 5) is 44.5. The standard InChI is InChI=1S/C25H34N4O4S/c1-14(17-6-8-18(9-7-17)21-15(2)27-13-34-21)28-23(32)19-10-16(11-20(30)31)12-29(19)24(33)22(26)25(3,4)5/h6-9,13-14,16,19,22H,10-12,26H2,1-5H3,(H,28,32)(H,30,31)/t14?,16-,19+,22?/m1/s1. The molecule has 1 aromatic heterocycles. The van der Waals surface area contributed by atoms with Gasteiger partial charge in [-0.25, -0.2) is 4.98 Å². The number of likely N-dealkylation sites (tertiary alicyclic amines) is 1. The highest BCUT2D eigenvalue weighted by molar-refractivity contribution is 7.13. The number of nitrogens with zero attached hydrogens (tertiary/aromatic N) is 2. The zero-order chi connectivity index (χ0) is 25.2. The van der Waals surface area contributed by atoms with Crippen molar-refractivity contribution in [1.29, 1.82) is 0 Å². The van der Waals surface area contributed by atoms with Gasteiger partial charge in [-0.05, 0) is 42.7 Å². The average Bonchev–Trinajstić information content (AvgIpc) is 3.37. The molecule has 9 heteroatoms. The van der Waals surface area contributed by atoms with Gasteiger partial charge in [-0.1, -0.05) is 45.0 Å². The SMILES string of the molecule is Cc1ncsc1-c1ccc(C(C)NC(=O)[C@@H]2C[C@H](CC(=O)O)CN2C(=O)C(N)C(C)(C)C)cc1. The van der Waals surface area contributed by atoms with E-state index in [1.54, 1.807) is 11.3 Å². The average molecular weight is 487 g/mol. The number of nitrogens with one attached hydrogen (secondary N) is 1. The Bertz CT molecular complexity index is 1040. The van der Waals surface area contributed by atoms with E-state index in [-0.39, 0.29) is 36.7 Å². The molecule has 0 saturated carbocycles. The Labute approximate surface area is 204 Å². The summed E-state index contributed by atoms with van der Waals surface area (Å²) in [6.45, 7) is 9.69. The van der Waals surface area contributed by atoms with Gasteiger partial charge in [0.25, 0.3) is 0 Å². The highest BCUT2D eigenvalue weighted by Gasteiger charge is 2.43. The number of carboxylic acid groups (broad SMARTS) is 1. The highest BCUT2D eigenvalue weighted by atomic mass is 32.1. The molecule has 1 fully saturated rings. The van der Waals surface area contributed by atoms with Crippen molar-refractivity contribution < 1.29 is 19.5 Å². The summed E-state index contributed by atoms with van der Waals surface area (Å²) < 4.78 is 0. The van der Waals surface area contributed by atoms with E-state index in [9.17, 15) is 19.5 Å². The molecule has 4 N–H and O–H groups in total. The van der Waals surface area contributed by atoms with Crippen LogP contribution in [0, 0.1) is 18.3 Å². The summed E-state index contributed by atoms with van der Waals surface area (Å²) in [5, 5.41) is 12.2. The van der Waals surface area contributed by atoms with Crippen molar-refractivity contribution in [2.75, 3.05) is 6.54 Å². The largest absolute Gasteiger partial charge is 0.481 e. The summed E-state index contributed by atoms with van der Waals surface area (Å²) in [5.74, 6) is -1.85. The summed E-state index contributed by atoms with van der Waals surface area (Å²) in [7, 11) is 0. The van der Waals surface area contributed by atoms with Crippen LogP contribution in [0.2, 0.25) is 0 Å². The van der Waals surface area contributed by atoms with Crippen LogP contribution < -0.4 is 11.1 Å². The third kappa shape index (κ3) is 5.82. The number of rotatable bonds is 7. The van der Waals surface area contributed by atoms with Crippen LogP contribution in [0.15, 0.2) is 29.8 Å². The van der Waals surface area contributed by atoms with Crippen LogP contribution >= 0.6 is 11.3 Å². The fraction of sp³-hybridized carbons (Fsp3) is 0.520. The molecule has 3 rings (SSSR count). The van der Waals surface area contributed by atoms with Crippen LogP contribution in [-0.4, -0.2) is 51.4 Å². The number of aromatic nitrogens is 1. The van der Waals surface area contributed by atoms with E-state index in [1.807, 2.05) is 64.4 Å². The predicted octanol–water partition coefficient (Wildman–Crippen LogP) is 3.36. The van der Waals surface area contributed by atoms with Gasteiger partial charge in [0.15, 0.2) is 0 Å². The number of amides is 2. The van der Waals surface area contributed by atoms with E-state index < -0.39 is 23.5 Å². The fourth-order valence-electron chi connectivity index (χ4n) is 4.25. The smallest absolute Gasteiger partial charge is 0.303 e. The van der Waals surface area contributed by atoms with Crippen molar-refractivity contribution in [3.63, 3.8) is 0 Å². The lowest BCUT2D eigenvalue weighted by Crippen LogP contribution is -2.55. The lowest BCUT2D eigenvalue weighted by atomic mass is 9.86. The first kappa shape index (κ1) is 25.8. The second-order valence-corrected chi connectivity index (χ2v) is 11.0. The van der Waals surface area contributed by atoms with E-state index in [0.29, 0.717) is 6.42 Å². The topological polar surface area (TPSA) is 126 Å². The van der Waals surface area contributed by atoms with Crippen molar-refractivity contribution in [2.24, 2.45) is 17.1 Å². The number of aliphatic carboxylic acids is 1. The fourth-order valence-corrected chi connectivity index (χ4v) is 5.07. The Morgan fingerprint density at radius 2 is 1.91 bits per heavy atom. The molecule has 184 valence electrons. The summed E-state index contributed by atoms with van der Waals surface area (Å²) in [5.41, 5.74) is 10.5. The minimum atomic E-state index is -0.941. The maximum atomic E-state index is 13.2. The van der Waals surface area contributed by atoms with Crippen molar-refractivity contribution in [3.8, 4) is 10.4 Å². The quantitative estimate of drug-likeness (QED) is 0.551. The van der Waals surface area contributed by atoms with E-state index in [1.165, 1.54) is 4.90 Å². The van der Waals surface area contributed by atoms with Gasteiger partial charge in [0.05, 0.1) is 28.2 Å². The Morgan fingerprint density at radius 1 is 1.26 bits per heavy atom.